The molecule has 2 aromatic heterocycles. The minimum Gasteiger partial charge on any atom is -0.493 e. The molecule has 1 amide bonds. The summed E-state index contributed by atoms with van der Waals surface area (Å²) in [6.45, 7) is -0.937. The molecule has 1 aliphatic rings. The summed E-state index contributed by atoms with van der Waals surface area (Å²) in [5.41, 5.74) is 0.0502. The number of methoxy groups -OCH3 is 1. The molecule has 15 heteroatoms. The predicted molar refractivity (Wildman–Crippen MR) is 230 cm³/mol. The molecule has 1 saturated carbocycles. The van der Waals surface area contributed by atoms with Gasteiger partial charge < -0.3 is 14.4 Å². The third kappa shape index (κ3) is 7.56. The van der Waals surface area contributed by atoms with Crippen LogP contribution in [0.1, 0.15) is 47.0 Å². The summed E-state index contributed by atoms with van der Waals surface area (Å²) < 4.78 is 89.7. The minimum atomic E-state index is -4.89. The van der Waals surface area contributed by atoms with Crippen molar-refractivity contribution in [2.24, 2.45) is 0 Å². The number of hydrogen-bond acceptors (Lipinski definition) is 6. The fourth-order valence-corrected chi connectivity index (χ4v) is 8.28. The number of aromatic nitrogens is 5. The zero-order valence-corrected chi connectivity index (χ0v) is 34.5. The molecule has 8 aromatic rings. The Kier molecular flexibility index (Phi) is 10.9. The van der Waals surface area contributed by atoms with Gasteiger partial charge in [-0.1, -0.05) is 91.0 Å². The topological polar surface area (TPSA) is 96.4 Å². The second-order valence-electron chi connectivity index (χ2n) is 15.5. The first-order valence-electron chi connectivity index (χ1n) is 20.3. The van der Waals surface area contributed by atoms with Gasteiger partial charge in [0.05, 0.1) is 23.7 Å². The largest absolute Gasteiger partial charge is 0.493 e. The van der Waals surface area contributed by atoms with Crippen molar-refractivity contribution in [3.63, 3.8) is 0 Å². The molecule has 0 N–H and O–H groups in total. The number of rotatable bonds is 13. The smallest absolute Gasteiger partial charge is 0.416 e. The van der Waals surface area contributed by atoms with E-state index in [1.54, 1.807) is 11.0 Å². The SMILES string of the molecule is COc1cc(-c2cc(C(F)(F)F)cc3c2n(C2CC2)c(=O)n3CC(=O)N(C)c2ccc(F)cc2)cc(F)c1OCc1ncn(C(c2ccccc2)(c2ccccc2)c2ccccc2)n1. The highest BCUT2D eigenvalue weighted by Crippen LogP contribution is 2.45. The number of carbonyl (C=O) groups is 1. The third-order valence-electron chi connectivity index (χ3n) is 11.5. The van der Waals surface area contributed by atoms with Gasteiger partial charge in [-0.05, 0) is 83.6 Å². The Morgan fingerprint density at radius 3 is 1.94 bits per heavy atom. The molecule has 0 spiro atoms. The highest BCUT2D eigenvalue weighted by molar-refractivity contribution is 5.97. The lowest BCUT2D eigenvalue weighted by molar-refractivity contribution is -0.137. The lowest BCUT2D eigenvalue weighted by Gasteiger charge is -2.35. The second kappa shape index (κ2) is 16.6. The van der Waals surface area contributed by atoms with Crippen LogP contribution in [0, 0.1) is 11.6 Å². The Balaban J connectivity index is 1.09. The van der Waals surface area contributed by atoms with Gasteiger partial charge in [0.25, 0.3) is 0 Å². The van der Waals surface area contributed by atoms with E-state index in [9.17, 15) is 27.2 Å². The molecule has 10 nitrogen and oxygen atoms in total. The quantitative estimate of drug-likeness (QED) is 0.0846. The maximum absolute atomic E-state index is 16.5. The highest BCUT2D eigenvalue weighted by Gasteiger charge is 2.40. The number of halogens is 5. The van der Waals surface area contributed by atoms with Crippen molar-refractivity contribution in [3.8, 4) is 22.6 Å². The monoisotopic (exact) mass is 870 g/mol. The van der Waals surface area contributed by atoms with Crippen molar-refractivity contribution >= 4 is 22.6 Å². The van der Waals surface area contributed by atoms with Crippen molar-refractivity contribution in [3.05, 3.63) is 196 Å². The van der Waals surface area contributed by atoms with E-state index in [0.29, 0.717) is 18.5 Å². The third-order valence-corrected chi connectivity index (χ3v) is 11.5. The van der Waals surface area contributed by atoms with Crippen LogP contribution in [0.4, 0.5) is 27.6 Å². The van der Waals surface area contributed by atoms with Crippen molar-refractivity contribution in [2.45, 2.75) is 43.8 Å². The van der Waals surface area contributed by atoms with E-state index >= 15 is 4.39 Å². The Morgan fingerprint density at radius 1 is 0.797 bits per heavy atom. The van der Waals surface area contributed by atoms with Crippen LogP contribution in [0.5, 0.6) is 11.5 Å². The number of nitrogens with zero attached hydrogens (tertiary/aromatic N) is 6. The van der Waals surface area contributed by atoms with Gasteiger partial charge in [0.2, 0.25) is 5.91 Å². The summed E-state index contributed by atoms with van der Waals surface area (Å²) in [5, 5.41) is 4.87. The van der Waals surface area contributed by atoms with Gasteiger partial charge in [0, 0.05) is 24.3 Å². The number of likely N-dealkylation sites (N-methyl/N-ethyl adjacent to an activating group) is 1. The van der Waals surface area contributed by atoms with E-state index in [4.69, 9.17) is 14.6 Å². The van der Waals surface area contributed by atoms with Crippen molar-refractivity contribution in [1.82, 2.24) is 23.9 Å². The number of hydrogen-bond donors (Lipinski definition) is 0. The molecule has 1 aliphatic carbocycles. The van der Waals surface area contributed by atoms with Crippen LogP contribution in [0.3, 0.4) is 0 Å². The first kappa shape index (κ1) is 41.8. The van der Waals surface area contributed by atoms with Crippen molar-refractivity contribution in [2.75, 3.05) is 19.1 Å². The summed E-state index contributed by atoms with van der Waals surface area (Å²) in [7, 11) is 2.69. The molecule has 0 atom stereocenters. The first-order chi connectivity index (χ1) is 30.9. The Morgan fingerprint density at radius 2 is 1.39 bits per heavy atom. The van der Waals surface area contributed by atoms with Gasteiger partial charge in [0.1, 0.15) is 30.8 Å². The fourth-order valence-electron chi connectivity index (χ4n) is 8.28. The van der Waals surface area contributed by atoms with Gasteiger partial charge >= 0.3 is 11.9 Å². The lowest BCUT2D eigenvalue weighted by Crippen LogP contribution is -2.38. The van der Waals surface area contributed by atoms with E-state index in [0.717, 1.165) is 51.6 Å². The molecular formula is C49H39F5N6O4. The van der Waals surface area contributed by atoms with E-state index in [2.05, 4.69) is 4.98 Å². The van der Waals surface area contributed by atoms with Crippen molar-refractivity contribution < 1.29 is 36.2 Å². The van der Waals surface area contributed by atoms with Crippen molar-refractivity contribution in [1.29, 1.82) is 0 Å². The zero-order valence-electron chi connectivity index (χ0n) is 34.5. The highest BCUT2D eigenvalue weighted by atomic mass is 19.4. The lowest BCUT2D eigenvalue weighted by atomic mass is 9.77. The molecule has 6 aromatic carbocycles. The molecule has 2 heterocycles. The van der Waals surface area contributed by atoms with Crippen LogP contribution in [0.2, 0.25) is 0 Å². The number of benzene rings is 6. The molecule has 0 saturated heterocycles. The van der Waals surface area contributed by atoms with Crippen LogP contribution >= 0.6 is 0 Å². The maximum atomic E-state index is 16.5. The molecule has 64 heavy (non-hydrogen) atoms. The number of imidazole rings is 1. The van der Waals surface area contributed by atoms with Crippen LogP contribution in [-0.4, -0.2) is 44.0 Å². The average Bonchev–Trinajstić information content (AvgIpc) is 3.96. The summed E-state index contributed by atoms with van der Waals surface area (Å²) in [5.74, 6) is -2.39. The van der Waals surface area contributed by atoms with Gasteiger partial charge in [0.15, 0.2) is 23.1 Å². The number of fused-ring (bicyclic) bond motifs is 1. The van der Waals surface area contributed by atoms with Crippen LogP contribution in [0.15, 0.2) is 151 Å². The average molecular weight is 871 g/mol. The summed E-state index contributed by atoms with van der Waals surface area (Å²) in [6.07, 6.45) is -2.16. The molecule has 0 radical (unpaired) electrons. The van der Waals surface area contributed by atoms with Crippen LogP contribution in [0.25, 0.3) is 22.2 Å². The Hall–Kier alpha value is -7.55. The fraction of sp³-hybridized carbons (Fsp3) is 0.184. The molecule has 1 fully saturated rings. The number of carbonyl (C=O) groups excluding carboxylic acids is 1. The predicted octanol–water partition coefficient (Wildman–Crippen LogP) is 9.78. The number of ether oxygens (including phenoxy) is 2. The standard InChI is InChI=1S/C49H39F5N6O4/c1-57(37-20-18-36(50)19-21-37)44(61)28-58-41-27-35(49(52,53)54)26-39(45(41)60(47(58)62)38-22-23-38)31-24-40(51)46(42(25-31)63-2)64-29-43-55-30-59(56-43)48(32-12-6-3-7-13-32,33-14-8-4-9-15-33)34-16-10-5-11-17-34/h3-21,24-27,30,38H,22-23,28-29H2,1-2H3. The first-order valence-corrected chi connectivity index (χ1v) is 20.3. The van der Waals surface area contributed by atoms with Gasteiger partial charge in [-0.15, -0.1) is 0 Å². The molecule has 324 valence electrons. The van der Waals surface area contributed by atoms with Crippen LogP contribution < -0.4 is 20.1 Å². The van der Waals surface area contributed by atoms with E-state index in [1.165, 1.54) is 41.8 Å². The molecule has 9 rings (SSSR count). The zero-order chi connectivity index (χ0) is 44.8. The number of anilines is 1. The van der Waals surface area contributed by atoms with E-state index < -0.39 is 47.1 Å². The summed E-state index contributed by atoms with van der Waals surface area (Å²) in [6, 6.07) is 38.2. The second-order valence-corrected chi connectivity index (χ2v) is 15.5. The number of amides is 1. The van der Waals surface area contributed by atoms with Gasteiger partial charge in [-0.25, -0.2) is 23.2 Å². The van der Waals surface area contributed by atoms with Gasteiger partial charge in [-0.3, -0.25) is 13.9 Å². The van der Waals surface area contributed by atoms with Crippen LogP contribution in [-0.2, 0) is 29.7 Å². The normalized spacial score (nSPS) is 13.0. The van der Waals surface area contributed by atoms with E-state index in [1.807, 2.05) is 91.0 Å². The Bertz CT molecular complexity index is 2940. The Labute approximate surface area is 363 Å². The number of alkyl halides is 3. The summed E-state index contributed by atoms with van der Waals surface area (Å²) in [4.78, 5) is 33.4. The molecule has 0 bridgehead atoms. The maximum Gasteiger partial charge on any atom is 0.416 e. The minimum absolute atomic E-state index is 0.0279. The summed E-state index contributed by atoms with van der Waals surface area (Å²) >= 11 is 0. The molecule has 0 aliphatic heterocycles. The van der Waals surface area contributed by atoms with Gasteiger partial charge in [-0.2, -0.15) is 18.3 Å². The van der Waals surface area contributed by atoms with E-state index in [-0.39, 0.29) is 52.1 Å². The molecule has 0 unspecified atom stereocenters. The molecular weight excluding hydrogens is 832 g/mol.